The second-order valence-corrected chi connectivity index (χ2v) is 9.27. The van der Waals surface area contributed by atoms with Crippen LogP contribution in [0.1, 0.15) is 24.8 Å². The minimum atomic E-state index is -0.811. The van der Waals surface area contributed by atoms with Gasteiger partial charge in [-0.25, -0.2) is 19.3 Å². The molecule has 1 aliphatic rings. The molecular formula is C26H27FN6O4. The van der Waals surface area contributed by atoms with Crippen molar-refractivity contribution in [2.24, 2.45) is 5.41 Å². The number of anilines is 1. The van der Waals surface area contributed by atoms with Crippen molar-refractivity contribution in [3.05, 3.63) is 72.3 Å². The van der Waals surface area contributed by atoms with E-state index in [2.05, 4.69) is 20.3 Å². The SMILES string of the molecule is CN(C)C(=O)C1(C)COC(c2nc(-c3ccc(F)cc3)c(-c3ccnc(NCc4ccco4)n3)[nH]2)OC1. The molecule has 37 heavy (non-hydrogen) atoms. The zero-order valence-electron chi connectivity index (χ0n) is 20.7. The number of hydrogen-bond acceptors (Lipinski definition) is 8. The van der Waals surface area contributed by atoms with Gasteiger partial charge in [0.15, 0.2) is 5.82 Å². The summed E-state index contributed by atoms with van der Waals surface area (Å²) >= 11 is 0. The number of H-pyrrole nitrogens is 1. The summed E-state index contributed by atoms with van der Waals surface area (Å²) in [7, 11) is 3.40. The molecule has 0 unspecified atom stereocenters. The Kier molecular flexibility index (Phi) is 6.72. The number of ether oxygens (including phenoxy) is 2. The molecule has 4 aromatic rings. The first-order chi connectivity index (χ1) is 17.8. The first-order valence-electron chi connectivity index (χ1n) is 11.7. The Morgan fingerprint density at radius 2 is 1.92 bits per heavy atom. The van der Waals surface area contributed by atoms with Crippen molar-refractivity contribution in [2.75, 3.05) is 32.6 Å². The maximum atomic E-state index is 13.6. The quantitative estimate of drug-likeness (QED) is 0.386. The summed E-state index contributed by atoms with van der Waals surface area (Å²) in [5.74, 6) is 1.14. The molecule has 5 rings (SSSR count). The summed E-state index contributed by atoms with van der Waals surface area (Å²) in [4.78, 5) is 31.0. The molecule has 0 atom stereocenters. The zero-order chi connectivity index (χ0) is 26.0. The predicted octanol–water partition coefficient (Wildman–Crippen LogP) is 4.02. The molecule has 0 radical (unpaired) electrons. The number of nitrogens with one attached hydrogen (secondary N) is 2. The van der Waals surface area contributed by atoms with Crippen LogP contribution in [0.2, 0.25) is 0 Å². The fourth-order valence-corrected chi connectivity index (χ4v) is 4.10. The van der Waals surface area contributed by atoms with Crippen LogP contribution >= 0.6 is 0 Å². The summed E-state index contributed by atoms with van der Waals surface area (Å²) < 4.78 is 30.9. The number of imidazole rings is 1. The highest BCUT2D eigenvalue weighted by Gasteiger charge is 2.41. The average Bonchev–Trinajstić information content (AvgIpc) is 3.59. The van der Waals surface area contributed by atoms with Crippen LogP contribution in [0.25, 0.3) is 22.6 Å². The van der Waals surface area contributed by atoms with Crippen molar-refractivity contribution in [2.45, 2.75) is 19.8 Å². The average molecular weight is 507 g/mol. The minimum absolute atomic E-state index is 0.0753. The Labute approximate surface area is 212 Å². The monoisotopic (exact) mass is 506 g/mol. The molecule has 0 aliphatic carbocycles. The first kappa shape index (κ1) is 24.6. The maximum absolute atomic E-state index is 13.6. The molecule has 1 aliphatic heterocycles. The van der Waals surface area contributed by atoms with Crippen molar-refractivity contribution in [1.82, 2.24) is 24.8 Å². The Morgan fingerprint density at radius 1 is 1.16 bits per heavy atom. The van der Waals surface area contributed by atoms with E-state index in [0.29, 0.717) is 41.0 Å². The van der Waals surface area contributed by atoms with E-state index in [-0.39, 0.29) is 24.9 Å². The van der Waals surface area contributed by atoms with Gasteiger partial charge < -0.3 is 29.1 Å². The summed E-state index contributed by atoms with van der Waals surface area (Å²) in [5.41, 5.74) is 1.60. The number of furan rings is 1. The molecule has 2 N–H and O–H groups in total. The number of nitrogens with zero attached hydrogens (tertiary/aromatic N) is 4. The normalized spacial score (nSPS) is 19.5. The molecule has 0 spiro atoms. The van der Waals surface area contributed by atoms with Gasteiger partial charge in [-0.3, -0.25) is 4.79 Å². The smallest absolute Gasteiger partial charge is 0.232 e. The van der Waals surface area contributed by atoms with E-state index in [9.17, 15) is 9.18 Å². The van der Waals surface area contributed by atoms with E-state index in [0.717, 1.165) is 5.76 Å². The first-order valence-corrected chi connectivity index (χ1v) is 11.7. The number of rotatable bonds is 7. The van der Waals surface area contributed by atoms with Gasteiger partial charge >= 0.3 is 0 Å². The Bertz CT molecular complexity index is 1360. The summed E-state index contributed by atoms with van der Waals surface area (Å²) in [5, 5.41) is 3.14. The highest BCUT2D eigenvalue weighted by Crippen LogP contribution is 2.36. The third-order valence-electron chi connectivity index (χ3n) is 6.00. The molecule has 4 heterocycles. The van der Waals surface area contributed by atoms with Gasteiger partial charge in [-0.05, 0) is 49.4 Å². The highest BCUT2D eigenvalue weighted by atomic mass is 19.1. The third-order valence-corrected chi connectivity index (χ3v) is 6.00. The molecule has 1 saturated heterocycles. The summed E-state index contributed by atoms with van der Waals surface area (Å²) in [6.07, 6.45) is 2.42. The van der Waals surface area contributed by atoms with Gasteiger partial charge in [0.1, 0.15) is 11.6 Å². The molecule has 0 bridgehead atoms. The lowest BCUT2D eigenvalue weighted by Crippen LogP contribution is -2.48. The number of carbonyl (C=O) groups is 1. The standard InChI is InChI=1S/C26H27FN6O4/c1-26(24(34)33(2)3)14-36-23(37-15-26)22-31-20(16-6-8-17(27)9-7-16)21(32-22)19-10-11-28-25(30-19)29-13-18-5-4-12-35-18/h4-12,23H,13-15H2,1-3H3,(H,31,32)(H,28,29,30). The number of amides is 1. The molecule has 0 saturated carbocycles. The molecule has 11 heteroatoms. The minimum Gasteiger partial charge on any atom is -0.467 e. The molecule has 3 aromatic heterocycles. The molecule has 1 aromatic carbocycles. The van der Waals surface area contributed by atoms with Crippen LogP contribution in [0.5, 0.6) is 0 Å². The maximum Gasteiger partial charge on any atom is 0.232 e. The van der Waals surface area contributed by atoms with Crippen LogP contribution in [-0.2, 0) is 20.8 Å². The van der Waals surface area contributed by atoms with Gasteiger partial charge in [-0.15, -0.1) is 0 Å². The fraction of sp³-hybridized carbons (Fsp3) is 0.308. The summed E-state index contributed by atoms with van der Waals surface area (Å²) in [6.45, 7) is 2.57. The van der Waals surface area contributed by atoms with Gasteiger partial charge in [0.05, 0.1) is 48.5 Å². The summed E-state index contributed by atoms with van der Waals surface area (Å²) in [6, 6.07) is 11.4. The highest BCUT2D eigenvalue weighted by molar-refractivity contribution is 5.82. The Balaban J connectivity index is 1.44. The van der Waals surface area contributed by atoms with Crippen molar-refractivity contribution < 1.29 is 23.1 Å². The van der Waals surface area contributed by atoms with Crippen molar-refractivity contribution in [3.63, 3.8) is 0 Å². The lowest BCUT2D eigenvalue weighted by atomic mass is 9.90. The Hall–Kier alpha value is -4.09. The van der Waals surface area contributed by atoms with E-state index in [1.54, 1.807) is 51.7 Å². The van der Waals surface area contributed by atoms with Crippen LogP contribution in [0.4, 0.5) is 10.3 Å². The predicted molar refractivity (Wildman–Crippen MR) is 132 cm³/mol. The van der Waals surface area contributed by atoms with Crippen LogP contribution in [0.15, 0.2) is 59.3 Å². The molecule has 1 fully saturated rings. The van der Waals surface area contributed by atoms with Crippen molar-refractivity contribution >= 4 is 11.9 Å². The topological polar surface area (TPSA) is 118 Å². The van der Waals surface area contributed by atoms with E-state index >= 15 is 0 Å². The van der Waals surface area contributed by atoms with E-state index in [1.807, 2.05) is 12.1 Å². The second-order valence-electron chi connectivity index (χ2n) is 9.27. The van der Waals surface area contributed by atoms with Gasteiger partial charge in [0.2, 0.25) is 18.1 Å². The Morgan fingerprint density at radius 3 is 2.59 bits per heavy atom. The molecule has 192 valence electrons. The van der Waals surface area contributed by atoms with E-state index in [1.165, 1.54) is 17.0 Å². The number of carbonyl (C=O) groups excluding carboxylic acids is 1. The molecule has 1 amide bonds. The van der Waals surface area contributed by atoms with E-state index in [4.69, 9.17) is 18.9 Å². The van der Waals surface area contributed by atoms with Gasteiger partial charge in [-0.2, -0.15) is 0 Å². The largest absolute Gasteiger partial charge is 0.467 e. The number of benzene rings is 1. The van der Waals surface area contributed by atoms with Crippen molar-refractivity contribution in [3.8, 4) is 22.6 Å². The van der Waals surface area contributed by atoms with Crippen LogP contribution in [-0.4, -0.2) is 58.1 Å². The van der Waals surface area contributed by atoms with Gasteiger partial charge in [-0.1, -0.05) is 0 Å². The second kappa shape index (κ2) is 10.1. The van der Waals surface area contributed by atoms with Gasteiger partial charge in [0.25, 0.3) is 0 Å². The number of halogens is 1. The number of aromatic nitrogens is 4. The van der Waals surface area contributed by atoms with Gasteiger partial charge in [0, 0.05) is 25.9 Å². The number of hydrogen-bond donors (Lipinski definition) is 2. The lowest BCUT2D eigenvalue weighted by molar-refractivity contribution is -0.233. The van der Waals surface area contributed by atoms with Crippen LogP contribution in [0.3, 0.4) is 0 Å². The molecular weight excluding hydrogens is 479 g/mol. The van der Waals surface area contributed by atoms with Crippen LogP contribution < -0.4 is 5.32 Å². The molecule has 10 nitrogen and oxygen atoms in total. The van der Waals surface area contributed by atoms with Crippen LogP contribution in [0, 0.1) is 11.2 Å². The third kappa shape index (κ3) is 5.23. The fourth-order valence-electron chi connectivity index (χ4n) is 4.10. The van der Waals surface area contributed by atoms with Crippen molar-refractivity contribution in [1.29, 1.82) is 0 Å². The zero-order valence-corrected chi connectivity index (χ0v) is 20.7. The lowest BCUT2D eigenvalue weighted by Gasteiger charge is -2.36. The van der Waals surface area contributed by atoms with E-state index < -0.39 is 11.7 Å². The number of aromatic amines is 1.